The van der Waals surface area contributed by atoms with Crippen LogP contribution in [0, 0.1) is 23.2 Å². The third kappa shape index (κ3) is 3.05. The summed E-state index contributed by atoms with van der Waals surface area (Å²) in [5.41, 5.74) is 6.66. The van der Waals surface area contributed by atoms with Gasteiger partial charge in [0.15, 0.2) is 0 Å². The summed E-state index contributed by atoms with van der Waals surface area (Å²) in [4.78, 5) is 5.10. The van der Waals surface area contributed by atoms with Crippen molar-refractivity contribution in [2.75, 3.05) is 33.7 Å². The van der Waals surface area contributed by atoms with Crippen molar-refractivity contribution in [3.05, 3.63) is 0 Å². The second-order valence-electron chi connectivity index (χ2n) is 8.27. The molecule has 3 nitrogen and oxygen atoms in total. The van der Waals surface area contributed by atoms with E-state index in [9.17, 15) is 0 Å². The highest BCUT2D eigenvalue weighted by atomic mass is 15.2. The van der Waals surface area contributed by atoms with Crippen molar-refractivity contribution in [3.63, 3.8) is 0 Å². The molecule has 2 aliphatic rings. The minimum absolute atomic E-state index is 0.372. The first-order chi connectivity index (χ1) is 9.23. The van der Waals surface area contributed by atoms with Crippen LogP contribution in [0.25, 0.3) is 0 Å². The Bertz CT molecular complexity index is 326. The van der Waals surface area contributed by atoms with E-state index in [2.05, 4.69) is 51.6 Å². The van der Waals surface area contributed by atoms with E-state index in [-0.39, 0.29) is 0 Å². The SMILES string of the molecule is CC1CN(CC2CCC(N)C(C)C2(C)C)CC1N(C)C. The maximum absolute atomic E-state index is 6.29. The number of rotatable bonds is 3. The molecule has 1 saturated carbocycles. The molecule has 3 heteroatoms. The van der Waals surface area contributed by atoms with Crippen molar-refractivity contribution >= 4 is 0 Å². The molecule has 1 saturated heterocycles. The summed E-state index contributed by atoms with van der Waals surface area (Å²) < 4.78 is 0. The lowest BCUT2D eigenvalue weighted by Gasteiger charge is -2.48. The van der Waals surface area contributed by atoms with E-state index in [1.54, 1.807) is 0 Å². The molecule has 2 rings (SSSR count). The third-order valence-corrected chi connectivity index (χ3v) is 6.51. The van der Waals surface area contributed by atoms with E-state index in [0.29, 0.717) is 17.4 Å². The first-order valence-corrected chi connectivity index (χ1v) is 8.37. The van der Waals surface area contributed by atoms with Gasteiger partial charge in [-0.05, 0) is 50.1 Å². The van der Waals surface area contributed by atoms with Crippen molar-refractivity contribution in [2.45, 2.75) is 52.6 Å². The van der Waals surface area contributed by atoms with E-state index < -0.39 is 0 Å². The maximum Gasteiger partial charge on any atom is 0.0254 e. The first-order valence-electron chi connectivity index (χ1n) is 8.37. The fourth-order valence-electron chi connectivity index (χ4n) is 4.45. The van der Waals surface area contributed by atoms with Crippen molar-refractivity contribution in [1.82, 2.24) is 9.80 Å². The smallest absolute Gasteiger partial charge is 0.0254 e. The molecule has 0 aromatic heterocycles. The summed E-state index contributed by atoms with van der Waals surface area (Å²) in [6.07, 6.45) is 2.51. The van der Waals surface area contributed by atoms with Gasteiger partial charge in [-0.25, -0.2) is 0 Å². The molecule has 118 valence electrons. The number of hydrogen-bond acceptors (Lipinski definition) is 3. The quantitative estimate of drug-likeness (QED) is 0.861. The third-order valence-electron chi connectivity index (χ3n) is 6.51. The van der Waals surface area contributed by atoms with E-state index in [1.807, 2.05) is 0 Å². The van der Waals surface area contributed by atoms with E-state index in [4.69, 9.17) is 5.73 Å². The molecule has 0 amide bonds. The topological polar surface area (TPSA) is 32.5 Å². The molecule has 1 heterocycles. The Kier molecular flexibility index (Phi) is 4.83. The monoisotopic (exact) mass is 281 g/mol. The highest BCUT2D eigenvalue weighted by Crippen LogP contribution is 2.45. The van der Waals surface area contributed by atoms with Gasteiger partial charge in [-0.1, -0.05) is 27.7 Å². The molecule has 1 aliphatic carbocycles. The van der Waals surface area contributed by atoms with Gasteiger partial charge < -0.3 is 15.5 Å². The molecule has 5 atom stereocenters. The molecule has 2 N–H and O–H groups in total. The van der Waals surface area contributed by atoms with Gasteiger partial charge in [0.05, 0.1) is 0 Å². The Labute approximate surface area is 125 Å². The van der Waals surface area contributed by atoms with Crippen LogP contribution in [0.4, 0.5) is 0 Å². The fraction of sp³-hybridized carbons (Fsp3) is 1.00. The standard InChI is InChI=1S/C17H35N3/c1-12-9-20(11-16(12)19(5)6)10-14-7-8-15(18)13(2)17(14,3)4/h12-16H,7-11,18H2,1-6H3. The summed E-state index contributed by atoms with van der Waals surface area (Å²) in [7, 11) is 4.44. The van der Waals surface area contributed by atoms with Gasteiger partial charge in [0.1, 0.15) is 0 Å². The zero-order chi connectivity index (χ0) is 15.1. The summed E-state index contributed by atoms with van der Waals surface area (Å²) in [6, 6.07) is 1.12. The van der Waals surface area contributed by atoms with Gasteiger partial charge in [-0.15, -0.1) is 0 Å². The summed E-state index contributed by atoms with van der Waals surface area (Å²) >= 11 is 0. The van der Waals surface area contributed by atoms with Crippen LogP contribution >= 0.6 is 0 Å². The summed E-state index contributed by atoms with van der Waals surface area (Å²) in [6.45, 7) is 13.4. The van der Waals surface area contributed by atoms with E-state index >= 15 is 0 Å². The Morgan fingerprint density at radius 1 is 1.15 bits per heavy atom. The van der Waals surface area contributed by atoms with Crippen LogP contribution < -0.4 is 5.73 Å². The molecule has 0 aromatic carbocycles. The van der Waals surface area contributed by atoms with Crippen LogP contribution in [-0.4, -0.2) is 55.6 Å². The lowest BCUT2D eigenvalue weighted by Crippen LogP contribution is -2.50. The first kappa shape index (κ1) is 16.3. The van der Waals surface area contributed by atoms with Crippen LogP contribution in [0.15, 0.2) is 0 Å². The minimum Gasteiger partial charge on any atom is -0.327 e. The summed E-state index contributed by atoms with van der Waals surface area (Å²) in [5.74, 6) is 2.22. The van der Waals surface area contributed by atoms with Gasteiger partial charge in [0.2, 0.25) is 0 Å². The van der Waals surface area contributed by atoms with Crippen LogP contribution in [-0.2, 0) is 0 Å². The normalized spacial score (nSPS) is 42.3. The second kappa shape index (κ2) is 5.94. The van der Waals surface area contributed by atoms with Crippen LogP contribution in [0.1, 0.15) is 40.5 Å². The van der Waals surface area contributed by atoms with E-state index in [1.165, 1.54) is 32.5 Å². The predicted octanol–water partition coefficient (Wildman–Crippen LogP) is 2.27. The molecule has 0 spiro atoms. The zero-order valence-corrected chi connectivity index (χ0v) is 14.4. The number of nitrogens with zero attached hydrogens (tertiary/aromatic N) is 2. The Hall–Kier alpha value is -0.120. The summed E-state index contributed by atoms with van der Waals surface area (Å²) in [5, 5.41) is 0. The van der Waals surface area contributed by atoms with Gasteiger partial charge in [-0.2, -0.15) is 0 Å². The van der Waals surface area contributed by atoms with Crippen molar-refractivity contribution < 1.29 is 0 Å². The van der Waals surface area contributed by atoms with Crippen LogP contribution in [0.3, 0.4) is 0 Å². The van der Waals surface area contributed by atoms with Gasteiger partial charge in [0.25, 0.3) is 0 Å². The lowest BCUT2D eigenvalue weighted by atomic mass is 9.61. The van der Waals surface area contributed by atoms with Crippen LogP contribution in [0.5, 0.6) is 0 Å². The lowest BCUT2D eigenvalue weighted by molar-refractivity contribution is 0.0320. The number of hydrogen-bond donors (Lipinski definition) is 1. The molecule has 2 fully saturated rings. The minimum atomic E-state index is 0.372. The Morgan fingerprint density at radius 3 is 2.35 bits per heavy atom. The predicted molar refractivity (Wildman–Crippen MR) is 86.7 cm³/mol. The molecule has 20 heavy (non-hydrogen) atoms. The molecule has 1 aliphatic heterocycles. The average Bonchev–Trinajstić information content (AvgIpc) is 2.72. The number of likely N-dealkylation sites (N-methyl/N-ethyl adjacent to an activating group) is 1. The van der Waals surface area contributed by atoms with Gasteiger partial charge >= 0.3 is 0 Å². The van der Waals surface area contributed by atoms with Gasteiger partial charge in [-0.3, -0.25) is 0 Å². The molecule has 0 bridgehead atoms. The molecule has 0 aromatic rings. The maximum atomic E-state index is 6.29. The van der Waals surface area contributed by atoms with Crippen molar-refractivity contribution in [3.8, 4) is 0 Å². The average molecular weight is 281 g/mol. The van der Waals surface area contributed by atoms with Crippen LogP contribution in [0.2, 0.25) is 0 Å². The zero-order valence-electron chi connectivity index (χ0n) is 14.4. The highest BCUT2D eigenvalue weighted by molar-refractivity contribution is 4.96. The largest absolute Gasteiger partial charge is 0.327 e. The van der Waals surface area contributed by atoms with Crippen molar-refractivity contribution in [2.24, 2.45) is 28.9 Å². The molecule has 0 radical (unpaired) electrons. The number of nitrogens with two attached hydrogens (primary N) is 1. The van der Waals surface area contributed by atoms with Crippen molar-refractivity contribution in [1.29, 1.82) is 0 Å². The Balaban J connectivity index is 1.97. The molecule has 5 unspecified atom stereocenters. The second-order valence-corrected chi connectivity index (χ2v) is 8.27. The molecular formula is C17H35N3. The fourth-order valence-corrected chi connectivity index (χ4v) is 4.45. The molecular weight excluding hydrogens is 246 g/mol. The Morgan fingerprint density at radius 2 is 1.80 bits per heavy atom. The number of likely N-dealkylation sites (tertiary alicyclic amines) is 1. The van der Waals surface area contributed by atoms with Gasteiger partial charge in [0, 0.05) is 31.7 Å². The highest BCUT2D eigenvalue weighted by Gasteiger charge is 2.43. The van der Waals surface area contributed by atoms with E-state index in [0.717, 1.165) is 17.9 Å².